The molecular weight excluding hydrogens is 304 g/mol. The molecule has 0 spiro atoms. The summed E-state index contributed by atoms with van der Waals surface area (Å²) in [5.74, 6) is -2.21. The number of halogens is 2. The van der Waals surface area contributed by atoms with Gasteiger partial charge < -0.3 is 4.90 Å². The predicted molar refractivity (Wildman–Crippen MR) is 98.7 cm³/mol. The summed E-state index contributed by atoms with van der Waals surface area (Å²) in [4.78, 5) is 2.14. The van der Waals surface area contributed by atoms with Crippen LogP contribution in [0.4, 0.5) is 14.5 Å². The summed E-state index contributed by atoms with van der Waals surface area (Å²) in [6.07, 6.45) is 2.45. The second-order valence-electron chi connectivity index (χ2n) is 7.51. The maximum Gasteiger partial charge on any atom is 0.249 e. The van der Waals surface area contributed by atoms with Crippen LogP contribution in [0.25, 0.3) is 11.1 Å². The first-order chi connectivity index (χ1) is 11.3. The predicted octanol–water partition coefficient (Wildman–Crippen LogP) is 5.94. The Labute approximate surface area is 144 Å². The third-order valence-corrected chi connectivity index (χ3v) is 5.40. The van der Waals surface area contributed by atoms with E-state index in [0.717, 1.165) is 29.7 Å². The van der Waals surface area contributed by atoms with Gasteiger partial charge >= 0.3 is 0 Å². The van der Waals surface area contributed by atoms with Gasteiger partial charge in [0.25, 0.3) is 0 Å². The smallest absolute Gasteiger partial charge is 0.249 e. The molecule has 1 nitrogen and oxygen atoms in total. The van der Waals surface area contributed by atoms with Gasteiger partial charge in [0.15, 0.2) is 0 Å². The van der Waals surface area contributed by atoms with Crippen molar-refractivity contribution in [3.05, 3.63) is 42.0 Å². The molecule has 130 valence electrons. The number of nitrogens with zero attached hydrogens (tertiary/aromatic N) is 1. The first kappa shape index (κ1) is 17.2. The fourth-order valence-electron chi connectivity index (χ4n) is 3.72. The monoisotopic (exact) mass is 331 g/mol. The minimum absolute atomic E-state index is 0.00823. The van der Waals surface area contributed by atoms with Crippen molar-refractivity contribution in [2.75, 3.05) is 18.0 Å². The van der Waals surface area contributed by atoms with Crippen molar-refractivity contribution < 1.29 is 8.78 Å². The van der Waals surface area contributed by atoms with E-state index < -0.39 is 5.92 Å². The fourth-order valence-corrected chi connectivity index (χ4v) is 3.72. The molecule has 1 fully saturated rings. The van der Waals surface area contributed by atoms with Crippen molar-refractivity contribution in [1.29, 1.82) is 0 Å². The van der Waals surface area contributed by atoms with Crippen molar-refractivity contribution >= 4 is 16.8 Å². The molecule has 3 rings (SSSR count). The van der Waals surface area contributed by atoms with E-state index in [-0.39, 0.29) is 12.8 Å². The van der Waals surface area contributed by atoms with Crippen LogP contribution in [-0.4, -0.2) is 19.0 Å². The highest BCUT2D eigenvalue weighted by Crippen LogP contribution is 2.41. The molecule has 0 N–H and O–H groups in total. The normalized spacial score (nSPS) is 20.2. The Kier molecular flexibility index (Phi) is 4.54. The summed E-state index contributed by atoms with van der Waals surface area (Å²) in [5, 5.41) is 0. The lowest BCUT2D eigenvalue weighted by Crippen LogP contribution is -2.27. The summed E-state index contributed by atoms with van der Waals surface area (Å²) in [6.45, 7) is 13.8. The van der Waals surface area contributed by atoms with Crippen molar-refractivity contribution in [2.45, 2.75) is 51.9 Å². The number of alkyl halides is 2. The average Bonchev–Trinajstić information content (AvgIpc) is 2.78. The molecule has 2 aliphatic rings. The highest BCUT2D eigenvalue weighted by molar-refractivity contribution is 5.83. The number of hydrogen-bond acceptors (Lipinski definition) is 1. The topological polar surface area (TPSA) is 3.24 Å². The number of fused-ring (bicyclic) bond motifs is 1. The van der Waals surface area contributed by atoms with Crippen LogP contribution in [0.2, 0.25) is 0 Å². The van der Waals surface area contributed by atoms with E-state index >= 15 is 0 Å². The molecule has 1 aromatic carbocycles. The van der Waals surface area contributed by atoms with Gasteiger partial charge in [0.05, 0.1) is 0 Å². The standard InChI is InChI=1S/C21H27F2N/c1-14(2)16(4)19-13-18-15(3)6-7-17(18)12-20(19)24-10-5-8-21(22,23)9-11-24/h12-14H,3-11H2,1-2H3. The largest absolute Gasteiger partial charge is 0.371 e. The molecule has 0 bridgehead atoms. The van der Waals surface area contributed by atoms with Crippen molar-refractivity contribution in [3.63, 3.8) is 0 Å². The summed E-state index contributed by atoms with van der Waals surface area (Å²) < 4.78 is 27.5. The number of hydrogen-bond donors (Lipinski definition) is 0. The van der Waals surface area contributed by atoms with Crippen molar-refractivity contribution in [1.82, 2.24) is 0 Å². The van der Waals surface area contributed by atoms with Crippen LogP contribution in [0.15, 0.2) is 25.3 Å². The molecule has 0 radical (unpaired) electrons. The molecule has 1 aliphatic heterocycles. The lowest BCUT2D eigenvalue weighted by atomic mass is 9.91. The number of allylic oxidation sites excluding steroid dienone is 2. The molecule has 3 heteroatoms. The number of rotatable bonds is 3. The summed E-state index contributed by atoms with van der Waals surface area (Å²) in [7, 11) is 0. The van der Waals surface area contributed by atoms with Crippen molar-refractivity contribution in [2.24, 2.45) is 5.92 Å². The Balaban J connectivity index is 2.02. The van der Waals surface area contributed by atoms with E-state index in [0.29, 0.717) is 25.4 Å². The fraction of sp³-hybridized carbons (Fsp3) is 0.524. The second kappa shape index (κ2) is 6.34. The third kappa shape index (κ3) is 3.26. The first-order valence-corrected chi connectivity index (χ1v) is 8.95. The van der Waals surface area contributed by atoms with Crippen LogP contribution in [0, 0.1) is 5.92 Å². The van der Waals surface area contributed by atoms with Crippen LogP contribution in [-0.2, 0) is 6.42 Å². The van der Waals surface area contributed by atoms with Gasteiger partial charge in [-0.05, 0) is 59.6 Å². The molecule has 1 aromatic rings. The van der Waals surface area contributed by atoms with Crippen LogP contribution in [0.3, 0.4) is 0 Å². The Morgan fingerprint density at radius 1 is 1.17 bits per heavy atom. The average molecular weight is 331 g/mol. The molecule has 1 saturated heterocycles. The van der Waals surface area contributed by atoms with Gasteiger partial charge in [-0.2, -0.15) is 0 Å². The lowest BCUT2D eigenvalue weighted by molar-refractivity contribution is -0.0102. The van der Waals surface area contributed by atoms with E-state index in [1.807, 2.05) is 0 Å². The van der Waals surface area contributed by atoms with Gasteiger partial charge in [-0.3, -0.25) is 0 Å². The van der Waals surface area contributed by atoms with Crippen LogP contribution >= 0.6 is 0 Å². The Bertz CT molecular complexity index is 673. The molecule has 0 saturated carbocycles. The minimum atomic E-state index is -2.53. The zero-order chi connectivity index (χ0) is 17.5. The molecule has 0 atom stereocenters. The van der Waals surface area contributed by atoms with Crippen molar-refractivity contribution in [3.8, 4) is 0 Å². The maximum absolute atomic E-state index is 13.8. The van der Waals surface area contributed by atoms with Gasteiger partial charge in [-0.1, -0.05) is 27.0 Å². The van der Waals surface area contributed by atoms with E-state index in [4.69, 9.17) is 0 Å². The quantitative estimate of drug-likeness (QED) is 0.662. The third-order valence-electron chi connectivity index (χ3n) is 5.40. The Hall–Kier alpha value is -1.64. The molecular formula is C21H27F2N. The van der Waals surface area contributed by atoms with Gasteiger partial charge in [0.1, 0.15) is 0 Å². The highest BCUT2D eigenvalue weighted by atomic mass is 19.3. The lowest BCUT2D eigenvalue weighted by Gasteiger charge is -2.28. The van der Waals surface area contributed by atoms with E-state index in [2.05, 4.69) is 44.0 Å². The van der Waals surface area contributed by atoms with E-state index in [1.165, 1.54) is 16.7 Å². The SMILES string of the molecule is C=C1CCc2cc(N3CCCC(F)(F)CC3)c(C(=C)C(C)C)cc21. The first-order valence-electron chi connectivity index (χ1n) is 8.95. The number of benzene rings is 1. The van der Waals surface area contributed by atoms with E-state index in [1.54, 1.807) is 0 Å². The molecule has 24 heavy (non-hydrogen) atoms. The van der Waals surface area contributed by atoms with Crippen LogP contribution < -0.4 is 4.90 Å². The zero-order valence-corrected chi connectivity index (χ0v) is 14.8. The van der Waals surface area contributed by atoms with E-state index in [9.17, 15) is 8.78 Å². The molecule has 0 amide bonds. The second-order valence-corrected chi connectivity index (χ2v) is 7.51. The molecule has 0 aromatic heterocycles. The Morgan fingerprint density at radius 2 is 1.92 bits per heavy atom. The van der Waals surface area contributed by atoms with Gasteiger partial charge in [0, 0.05) is 37.2 Å². The highest BCUT2D eigenvalue weighted by Gasteiger charge is 2.33. The van der Waals surface area contributed by atoms with Gasteiger partial charge in [-0.15, -0.1) is 0 Å². The number of aryl methyl sites for hydroxylation is 1. The zero-order valence-electron chi connectivity index (χ0n) is 14.8. The Morgan fingerprint density at radius 3 is 2.62 bits per heavy atom. The van der Waals surface area contributed by atoms with Gasteiger partial charge in [-0.25, -0.2) is 8.78 Å². The van der Waals surface area contributed by atoms with Crippen LogP contribution in [0.5, 0.6) is 0 Å². The maximum atomic E-state index is 13.8. The molecule has 1 heterocycles. The van der Waals surface area contributed by atoms with Crippen LogP contribution in [0.1, 0.15) is 56.2 Å². The molecule has 0 unspecified atom stereocenters. The summed E-state index contributed by atoms with van der Waals surface area (Å²) in [5.41, 5.74) is 6.97. The minimum Gasteiger partial charge on any atom is -0.371 e. The molecule has 1 aliphatic carbocycles. The summed E-state index contributed by atoms with van der Waals surface area (Å²) >= 11 is 0. The number of anilines is 1. The summed E-state index contributed by atoms with van der Waals surface area (Å²) in [6, 6.07) is 4.41. The van der Waals surface area contributed by atoms with Gasteiger partial charge in [0.2, 0.25) is 5.92 Å².